The lowest BCUT2D eigenvalue weighted by atomic mass is 10.3. The van der Waals surface area contributed by atoms with Gasteiger partial charge in [0.05, 0.1) is 4.92 Å². The van der Waals surface area contributed by atoms with Crippen LogP contribution in [-0.4, -0.2) is 21.4 Å². The standard InChI is InChI=1S/C13H13BrN4O3/c1-2-7-15-13-16-8-11(18(19)20)12(17-13)21-10-5-3-9(14)4-6-10/h3-6,8H,2,7H2,1H3,(H,15,16,17). The maximum absolute atomic E-state index is 11.0. The summed E-state index contributed by atoms with van der Waals surface area (Å²) in [5, 5.41) is 14.0. The molecule has 0 amide bonds. The Morgan fingerprint density at radius 1 is 1.38 bits per heavy atom. The number of nitro groups is 1. The van der Waals surface area contributed by atoms with Crippen molar-refractivity contribution in [2.75, 3.05) is 11.9 Å². The number of aromatic nitrogens is 2. The quantitative estimate of drug-likeness (QED) is 0.628. The Bertz CT molecular complexity index is 634. The van der Waals surface area contributed by atoms with Gasteiger partial charge in [0.2, 0.25) is 5.95 Å². The first-order valence-corrected chi connectivity index (χ1v) is 7.08. The summed E-state index contributed by atoms with van der Waals surface area (Å²) in [5.41, 5.74) is -0.278. The lowest BCUT2D eigenvalue weighted by Gasteiger charge is -2.07. The van der Waals surface area contributed by atoms with E-state index in [2.05, 4.69) is 31.2 Å². The Morgan fingerprint density at radius 2 is 2.10 bits per heavy atom. The molecule has 0 atom stereocenters. The number of rotatable bonds is 6. The van der Waals surface area contributed by atoms with Crippen LogP contribution in [0.5, 0.6) is 11.6 Å². The number of benzene rings is 1. The SMILES string of the molecule is CCCNc1ncc([N+](=O)[O-])c(Oc2ccc(Br)cc2)n1. The Kier molecular flexibility index (Phi) is 5.04. The average molecular weight is 353 g/mol. The van der Waals surface area contributed by atoms with Crippen LogP contribution in [0.25, 0.3) is 0 Å². The predicted molar refractivity (Wildman–Crippen MR) is 81.7 cm³/mol. The molecule has 0 unspecified atom stereocenters. The summed E-state index contributed by atoms with van der Waals surface area (Å²) < 4.78 is 6.38. The van der Waals surface area contributed by atoms with Crippen molar-refractivity contribution in [1.82, 2.24) is 9.97 Å². The summed E-state index contributed by atoms with van der Waals surface area (Å²) in [6, 6.07) is 6.93. The van der Waals surface area contributed by atoms with Crippen LogP contribution in [0, 0.1) is 10.1 Å². The molecule has 1 heterocycles. The summed E-state index contributed by atoms with van der Waals surface area (Å²) in [6.07, 6.45) is 2.03. The third-order valence-electron chi connectivity index (χ3n) is 2.49. The monoisotopic (exact) mass is 352 g/mol. The van der Waals surface area contributed by atoms with E-state index in [1.807, 2.05) is 6.92 Å². The second-order valence-electron chi connectivity index (χ2n) is 4.12. The zero-order valence-corrected chi connectivity index (χ0v) is 12.8. The van der Waals surface area contributed by atoms with Crippen molar-refractivity contribution in [3.8, 4) is 11.6 Å². The number of ether oxygens (including phenoxy) is 1. The summed E-state index contributed by atoms with van der Waals surface area (Å²) in [5.74, 6) is 0.673. The van der Waals surface area contributed by atoms with Gasteiger partial charge in [0.15, 0.2) is 0 Å². The molecule has 7 nitrogen and oxygen atoms in total. The highest BCUT2D eigenvalue weighted by Gasteiger charge is 2.19. The molecule has 0 saturated carbocycles. The maximum Gasteiger partial charge on any atom is 0.349 e. The molecule has 1 aromatic carbocycles. The summed E-state index contributed by atoms with van der Waals surface area (Å²) >= 11 is 3.31. The molecule has 2 rings (SSSR count). The van der Waals surface area contributed by atoms with E-state index in [1.54, 1.807) is 24.3 Å². The van der Waals surface area contributed by atoms with Crippen molar-refractivity contribution in [3.63, 3.8) is 0 Å². The lowest BCUT2D eigenvalue weighted by molar-refractivity contribution is -0.386. The molecule has 0 aliphatic heterocycles. The Hall–Kier alpha value is -2.22. The van der Waals surface area contributed by atoms with E-state index >= 15 is 0 Å². The van der Waals surface area contributed by atoms with Crippen molar-refractivity contribution in [2.24, 2.45) is 0 Å². The Balaban J connectivity index is 2.29. The molecule has 0 radical (unpaired) electrons. The second-order valence-corrected chi connectivity index (χ2v) is 5.04. The molecule has 1 aromatic heterocycles. The van der Waals surface area contributed by atoms with Crippen molar-refractivity contribution < 1.29 is 9.66 Å². The van der Waals surface area contributed by atoms with Gasteiger partial charge in [-0.3, -0.25) is 10.1 Å². The first kappa shape index (κ1) is 15.2. The van der Waals surface area contributed by atoms with E-state index in [-0.39, 0.29) is 11.6 Å². The van der Waals surface area contributed by atoms with Gasteiger partial charge in [-0.2, -0.15) is 4.98 Å². The van der Waals surface area contributed by atoms with Gasteiger partial charge in [-0.1, -0.05) is 22.9 Å². The number of halogens is 1. The molecule has 0 aliphatic carbocycles. The number of hydrogen-bond donors (Lipinski definition) is 1. The van der Waals surface area contributed by atoms with E-state index in [1.165, 1.54) is 0 Å². The van der Waals surface area contributed by atoms with Gasteiger partial charge in [0, 0.05) is 11.0 Å². The summed E-state index contributed by atoms with van der Waals surface area (Å²) in [6.45, 7) is 2.67. The molecule has 0 aliphatic rings. The van der Waals surface area contributed by atoms with Gasteiger partial charge in [0.25, 0.3) is 0 Å². The van der Waals surface area contributed by atoms with Crippen LogP contribution in [-0.2, 0) is 0 Å². The van der Waals surface area contributed by atoms with Crippen molar-refractivity contribution >= 4 is 27.6 Å². The molecule has 21 heavy (non-hydrogen) atoms. The van der Waals surface area contributed by atoms with Crippen LogP contribution >= 0.6 is 15.9 Å². The molecule has 1 N–H and O–H groups in total. The van der Waals surface area contributed by atoms with Crippen molar-refractivity contribution in [2.45, 2.75) is 13.3 Å². The van der Waals surface area contributed by atoms with Crippen molar-refractivity contribution in [3.05, 3.63) is 45.0 Å². The third-order valence-corrected chi connectivity index (χ3v) is 3.02. The van der Waals surface area contributed by atoms with Gasteiger partial charge in [-0.25, -0.2) is 4.98 Å². The number of nitrogens with zero attached hydrogens (tertiary/aromatic N) is 3. The third kappa shape index (κ3) is 4.12. The molecule has 110 valence electrons. The number of nitrogens with one attached hydrogen (secondary N) is 1. The summed E-state index contributed by atoms with van der Waals surface area (Å²) in [4.78, 5) is 18.4. The number of hydrogen-bond acceptors (Lipinski definition) is 6. The highest BCUT2D eigenvalue weighted by molar-refractivity contribution is 9.10. The average Bonchev–Trinajstić information content (AvgIpc) is 2.47. The first-order valence-electron chi connectivity index (χ1n) is 6.29. The van der Waals surface area contributed by atoms with Crippen LogP contribution in [0.4, 0.5) is 11.6 Å². The minimum Gasteiger partial charge on any atom is -0.434 e. The molecule has 0 spiro atoms. The highest BCUT2D eigenvalue weighted by Crippen LogP contribution is 2.30. The van der Waals surface area contributed by atoms with E-state index in [0.29, 0.717) is 18.2 Å². The van der Waals surface area contributed by atoms with E-state index < -0.39 is 4.92 Å². The molecular weight excluding hydrogens is 340 g/mol. The van der Waals surface area contributed by atoms with Gasteiger partial charge < -0.3 is 10.1 Å². The minimum absolute atomic E-state index is 0.0871. The highest BCUT2D eigenvalue weighted by atomic mass is 79.9. The smallest absolute Gasteiger partial charge is 0.349 e. The molecule has 0 fully saturated rings. The fourth-order valence-electron chi connectivity index (χ4n) is 1.50. The Morgan fingerprint density at radius 3 is 2.71 bits per heavy atom. The Labute approximate surface area is 129 Å². The first-order chi connectivity index (χ1) is 10.1. The topological polar surface area (TPSA) is 90.2 Å². The number of anilines is 1. The van der Waals surface area contributed by atoms with Gasteiger partial charge in [0.1, 0.15) is 11.9 Å². The summed E-state index contributed by atoms with van der Waals surface area (Å²) in [7, 11) is 0. The van der Waals surface area contributed by atoms with Crippen LogP contribution < -0.4 is 10.1 Å². The second kappa shape index (κ2) is 6.98. The van der Waals surface area contributed by atoms with Crippen molar-refractivity contribution in [1.29, 1.82) is 0 Å². The van der Waals surface area contributed by atoms with E-state index in [0.717, 1.165) is 17.1 Å². The van der Waals surface area contributed by atoms with Crippen LogP contribution in [0.1, 0.15) is 13.3 Å². The van der Waals surface area contributed by atoms with E-state index in [4.69, 9.17) is 4.74 Å². The van der Waals surface area contributed by atoms with Gasteiger partial charge in [-0.15, -0.1) is 0 Å². The largest absolute Gasteiger partial charge is 0.434 e. The van der Waals surface area contributed by atoms with Crippen LogP contribution in [0.3, 0.4) is 0 Å². The molecule has 8 heteroatoms. The molecule has 0 saturated heterocycles. The molecular formula is C13H13BrN4O3. The minimum atomic E-state index is -0.572. The zero-order valence-electron chi connectivity index (χ0n) is 11.2. The fraction of sp³-hybridized carbons (Fsp3) is 0.231. The normalized spacial score (nSPS) is 10.2. The zero-order chi connectivity index (χ0) is 15.2. The van der Waals surface area contributed by atoms with Crippen LogP contribution in [0.15, 0.2) is 34.9 Å². The predicted octanol–water partition coefficient (Wildman–Crippen LogP) is 3.76. The van der Waals surface area contributed by atoms with Gasteiger partial charge >= 0.3 is 11.6 Å². The fourth-order valence-corrected chi connectivity index (χ4v) is 1.76. The van der Waals surface area contributed by atoms with E-state index in [9.17, 15) is 10.1 Å². The molecule has 2 aromatic rings. The maximum atomic E-state index is 11.0. The van der Waals surface area contributed by atoms with Crippen LogP contribution in [0.2, 0.25) is 0 Å². The molecule has 0 bridgehead atoms. The van der Waals surface area contributed by atoms with Gasteiger partial charge in [-0.05, 0) is 30.7 Å². The lowest BCUT2D eigenvalue weighted by Crippen LogP contribution is -2.06.